The summed E-state index contributed by atoms with van der Waals surface area (Å²) in [5, 5.41) is 0. The van der Waals surface area contributed by atoms with Crippen molar-refractivity contribution in [2.45, 2.75) is 96.8 Å². The molecule has 133 valence electrons. The van der Waals surface area contributed by atoms with Gasteiger partial charge in [-0.05, 0) is 32.1 Å². The molecule has 0 amide bonds. The summed E-state index contributed by atoms with van der Waals surface area (Å²) in [5.41, 5.74) is 0. The third kappa shape index (κ3) is 25.2. The van der Waals surface area contributed by atoms with Crippen LogP contribution in [0.4, 0.5) is 0 Å². The normalized spacial score (nSPS) is 11.8. The molecule has 0 rings (SSSR count). The van der Waals surface area contributed by atoms with Crippen LogP contribution in [0.5, 0.6) is 0 Å². The van der Waals surface area contributed by atoms with Gasteiger partial charge in [-0.1, -0.05) is 76.9 Å². The summed E-state index contributed by atoms with van der Waals surface area (Å²) in [5.74, 6) is 0. The van der Waals surface area contributed by atoms with Gasteiger partial charge in [0.15, 0.2) is 0 Å². The van der Waals surface area contributed by atoms with E-state index >= 15 is 0 Å². The van der Waals surface area contributed by atoms with E-state index in [2.05, 4.69) is 19.1 Å². The SMILES string of the molecule is CCCCCCCCC=CCCCCCCCCP(=O)(O)O.[Na]. The molecule has 0 heterocycles. The first-order valence-electron chi connectivity index (χ1n) is 9.26. The summed E-state index contributed by atoms with van der Waals surface area (Å²) in [6.45, 7) is 2.26. The maximum absolute atomic E-state index is 10.7. The van der Waals surface area contributed by atoms with Crippen LogP contribution >= 0.6 is 7.60 Å². The van der Waals surface area contributed by atoms with Crippen molar-refractivity contribution in [3.05, 3.63) is 12.2 Å². The Morgan fingerprint density at radius 3 is 1.52 bits per heavy atom. The summed E-state index contributed by atoms with van der Waals surface area (Å²) >= 11 is 0. The Labute approximate surface area is 166 Å². The molecule has 0 saturated carbocycles. The molecule has 0 spiro atoms. The van der Waals surface area contributed by atoms with Gasteiger partial charge >= 0.3 is 7.60 Å². The quantitative estimate of drug-likeness (QED) is 0.159. The Morgan fingerprint density at radius 1 is 0.696 bits per heavy atom. The molecule has 0 aromatic rings. The summed E-state index contributed by atoms with van der Waals surface area (Å²) in [6.07, 6.45) is 21.7. The van der Waals surface area contributed by atoms with Crippen LogP contribution in [0.3, 0.4) is 0 Å². The summed E-state index contributed by atoms with van der Waals surface area (Å²) in [4.78, 5) is 17.5. The van der Waals surface area contributed by atoms with E-state index in [0.717, 1.165) is 12.8 Å². The van der Waals surface area contributed by atoms with Gasteiger partial charge in [-0.2, -0.15) is 0 Å². The predicted octanol–water partition coefficient (Wildman–Crippen LogP) is 5.82. The van der Waals surface area contributed by atoms with Crippen molar-refractivity contribution in [1.29, 1.82) is 0 Å². The molecule has 0 aromatic heterocycles. The third-order valence-electron chi connectivity index (χ3n) is 3.96. The molecule has 0 aliphatic heterocycles. The largest absolute Gasteiger partial charge is 0.325 e. The predicted molar refractivity (Wildman–Crippen MR) is 102 cm³/mol. The number of hydrogen-bond donors (Lipinski definition) is 2. The Hall–Kier alpha value is 0.890. The van der Waals surface area contributed by atoms with Crippen LogP contribution in [-0.4, -0.2) is 45.5 Å². The van der Waals surface area contributed by atoms with E-state index in [1.54, 1.807) is 0 Å². The number of hydrogen-bond acceptors (Lipinski definition) is 1. The molecule has 0 saturated heterocycles. The van der Waals surface area contributed by atoms with Gasteiger partial charge in [0.2, 0.25) is 0 Å². The zero-order valence-corrected chi connectivity index (χ0v) is 18.4. The van der Waals surface area contributed by atoms with Crippen LogP contribution < -0.4 is 0 Å². The first kappa shape index (κ1) is 26.1. The van der Waals surface area contributed by atoms with Crippen molar-refractivity contribution in [3.8, 4) is 0 Å². The van der Waals surface area contributed by atoms with Gasteiger partial charge in [-0.15, -0.1) is 0 Å². The summed E-state index contributed by atoms with van der Waals surface area (Å²) < 4.78 is 10.7. The number of rotatable bonds is 16. The van der Waals surface area contributed by atoms with Gasteiger partial charge in [0.05, 0.1) is 0 Å². The second-order valence-electron chi connectivity index (χ2n) is 6.33. The van der Waals surface area contributed by atoms with E-state index < -0.39 is 7.60 Å². The van der Waals surface area contributed by atoms with Crippen LogP contribution in [-0.2, 0) is 4.57 Å². The molecule has 0 unspecified atom stereocenters. The molecule has 0 bridgehead atoms. The molecule has 0 fully saturated rings. The van der Waals surface area contributed by atoms with Crippen molar-refractivity contribution in [2.75, 3.05) is 6.16 Å². The van der Waals surface area contributed by atoms with Gasteiger partial charge in [0, 0.05) is 35.7 Å². The maximum Gasteiger partial charge on any atom is 0.325 e. The molecular weight excluding hydrogens is 318 g/mol. The average molecular weight is 355 g/mol. The van der Waals surface area contributed by atoms with Crippen LogP contribution in [0, 0.1) is 0 Å². The maximum atomic E-state index is 10.7. The van der Waals surface area contributed by atoms with Gasteiger partial charge < -0.3 is 9.79 Å². The molecule has 2 N–H and O–H groups in total. The van der Waals surface area contributed by atoms with Crippen LogP contribution in [0.25, 0.3) is 0 Å². The Morgan fingerprint density at radius 2 is 1.09 bits per heavy atom. The summed E-state index contributed by atoms with van der Waals surface area (Å²) in [6, 6.07) is 0. The zero-order chi connectivity index (χ0) is 16.5. The zero-order valence-electron chi connectivity index (χ0n) is 15.5. The average Bonchev–Trinajstić information content (AvgIpc) is 2.45. The molecule has 3 nitrogen and oxygen atoms in total. The fraction of sp³-hybridized carbons (Fsp3) is 0.889. The topological polar surface area (TPSA) is 57.5 Å². The van der Waals surface area contributed by atoms with Crippen LogP contribution in [0.15, 0.2) is 12.2 Å². The van der Waals surface area contributed by atoms with Crippen molar-refractivity contribution in [1.82, 2.24) is 0 Å². The minimum absolute atomic E-state index is 0. The molecule has 5 heteroatoms. The van der Waals surface area contributed by atoms with E-state index in [-0.39, 0.29) is 35.7 Å². The minimum atomic E-state index is -3.76. The van der Waals surface area contributed by atoms with Gasteiger partial charge in [-0.3, -0.25) is 4.57 Å². The number of allylic oxidation sites excluding steroid dienone is 2. The third-order valence-corrected chi connectivity index (χ3v) is 4.86. The van der Waals surface area contributed by atoms with Gasteiger partial charge in [0.25, 0.3) is 0 Å². The first-order chi connectivity index (χ1) is 10.6. The monoisotopic (exact) mass is 355 g/mol. The van der Waals surface area contributed by atoms with Gasteiger partial charge in [0.1, 0.15) is 0 Å². The molecule has 0 atom stereocenters. The van der Waals surface area contributed by atoms with E-state index in [0.29, 0.717) is 6.42 Å². The van der Waals surface area contributed by atoms with Crippen molar-refractivity contribution >= 4 is 37.2 Å². The Bertz CT molecular complexity index is 303. The van der Waals surface area contributed by atoms with E-state index in [9.17, 15) is 4.57 Å². The second kappa shape index (κ2) is 19.2. The molecule has 0 aliphatic carbocycles. The van der Waals surface area contributed by atoms with Crippen molar-refractivity contribution in [2.24, 2.45) is 0 Å². The van der Waals surface area contributed by atoms with E-state index in [4.69, 9.17) is 9.79 Å². The molecule has 0 aliphatic rings. The van der Waals surface area contributed by atoms with Crippen LogP contribution in [0.2, 0.25) is 0 Å². The standard InChI is InChI=1S/C18H37O3P.Na/c1-2-3-4-5-6-7-8-9-10-11-12-13-14-15-16-17-18-22(19,20)21;/h9-10H,2-8,11-18H2,1H3,(H2,19,20,21);. The Balaban J connectivity index is 0. The van der Waals surface area contributed by atoms with Crippen LogP contribution in [0.1, 0.15) is 96.8 Å². The molecular formula is C18H37NaO3P. The summed E-state index contributed by atoms with van der Waals surface area (Å²) in [7, 11) is -3.76. The Kier molecular flexibility index (Phi) is 21.8. The van der Waals surface area contributed by atoms with Crippen molar-refractivity contribution < 1.29 is 14.4 Å². The fourth-order valence-corrected chi connectivity index (χ4v) is 3.20. The molecule has 23 heavy (non-hydrogen) atoms. The molecule has 0 aromatic carbocycles. The van der Waals surface area contributed by atoms with Gasteiger partial charge in [-0.25, -0.2) is 0 Å². The smallest absolute Gasteiger partial charge is 0.324 e. The fourth-order valence-electron chi connectivity index (χ4n) is 2.57. The molecule has 1 radical (unpaired) electrons. The minimum Gasteiger partial charge on any atom is -0.324 e. The first-order valence-corrected chi connectivity index (χ1v) is 11.1. The second-order valence-corrected chi connectivity index (χ2v) is 8.10. The van der Waals surface area contributed by atoms with Crippen molar-refractivity contribution in [3.63, 3.8) is 0 Å². The number of unbranched alkanes of at least 4 members (excludes halogenated alkanes) is 12. The van der Waals surface area contributed by atoms with E-state index in [1.807, 2.05) is 0 Å². The van der Waals surface area contributed by atoms with E-state index in [1.165, 1.54) is 70.6 Å².